The highest BCUT2D eigenvalue weighted by atomic mass is 35.5. The second kappa shape index (κ2) is 5.10. The predicted octanol–water partition coefficient (Wildman–Crippen LogP) is 2.99. The first-order valence-electron chi connectivity index (χ1n) is 4.99. The first kappa shape index (κ1) is 10.4. The van der Waals surface area contributed by atoms with Crippen LogP contribution in [0.25, 0.3) is 0 Å². The van der Waals surface area contributed by atoms with E-state index in [1.807, 2.05) is 6.20 Å². The zero-order chi connectivity index (χ0) is 9.80. The van der Waals surface area contributed by atoms with Gasteiger partial charge < -0.3 is 4.74 Å². The Balaban J connectivity index is 1.89. The Hall–Kier alpha value is -0.120. The summed E-state index contributed by atoms with van der Waals surface area (Å²) in [7, 11) is 0. The lowest BCUT2D eigenvalue weighted by atomic mass is 10.1. The average Bonchev–Trinajstić information content (AvgIpc) is 2.67. The maximum absolute atomic E-state index is 5.72. The number of rotatable bonds is 3. The van der Waals surface area contributed by atoms with Gasteiger partial charge in [-0.25, -0.2) is 4.98 Å². The van der Waals surface area contributed by atoms with Crippen LogP contribution in [-0.2, 0) is 17.0 Å². The molecule has 1 aliphatic heterocycles. The van der Waals surface area contributed by atoms with Crippen molar-refractivity contribution < 1.29 is 4.74 Å². The molecule has 0 spiro atoms. The van der Waals surface area contributed by atoms with E-state index in [0.29, 0.717) is 12.0 Å². The summed E-state index contributed by atoms with van der Waals surface area (Å²) in [5, 5.41) is 1.16. The minimum Gasteiger partial charge on any atom is -0.378 e. The molecule has 1 aliphatic rings. The van der Waals surface area contributed by atoms with Gasteiger partial charge in [0.25, 0.3) is 0 Å². The summed E-state index contributed by atoms with van der Waals surface area (Å²) in [5.74, 6) is 0.573. The Morgan fingerprint density at radius 1 is 1.57 bits per heavy atom. The highest BCUT2D eigenvalue weighted by Crippen LogP contribution is 2.21. The molecule has 0 saturated carbocycles. The number of aromatic nitrogens is 1. The molecule has 1 aromatic rings. The average molecular weight is 232 g/mol. The molecular formula is C10H14ClNOS. The van der Waals surface area contributed by atoms with Crippen molar-refractivity contribution in [2.24, 2.45) is 0 Å². The van der Waals surface area contributed by atoms with Crippen LogP contribution in [-0.4, -0.2) is 17.7 Å². The summed E-state index contributed by atoms with van der Waals surface area (Å²) in [6.07, 6.45) is 6.89. The molecule has 1 atom stereocenters. The minimum atomic E-state index is 0.387. The summed E-state index contributed by atoms with van der Waals surface area (Å²) in [4.78, 5) is 5.49. The number of alkyl halides is 1. The topological polar surface area (TPSA) is 22.1 Å². The Bertz CT molecular complexity index is 283. The van der Waals surface area contributed by atoms with Gasteiger partial charge in [-0.3, -0.25) is 0 Å². The zero-order valence-electron chi connectivity index (χ0n) is 8.04. The molecule has 2 heterocycles. The number of hydrogen-bond acceptors (Lipinski definition) is 3. The van der Waals surface area contributed by atoms with Crippen LogP contribution in [0.4, 0.5) is 0 Å². The third kappa shape index (κ3) is 2.69. The van der Waals surface area contributed by atoms with E-state index in [2.05, 4.69) is 4.98 Å². The fourth-order valence-electron chi connectivity index (χ4n) is 1.67. The number of nitrogens with zero attached hydrogens (tertiary/aromatic N) is 1. The Morgan fingerprint density at radius 2 is 2.50 bits per heavy atom. The molecule has 4 heteroatoms. The second-order valence-corrected chi connectivity index (χ2v) is 5.01. The molecule has 2 rings (SSSR count). The van der Waals surface area contributed by atoms with E-state index in [1.165, 1.54) is 19.3 Å². The van der Waals surface area contributed by atoms with E-state index in [4.69, 9.17) is 16.3 Å². The van der Waals surface area contributed by atoms with Crippen LogP contribution in [0.1, 0.15) is 29.1 Å². The number of halogens is 1. The molecule has 2 nitrogen and oxygen atoms in total. The van der Waals surface area contributed by atoms with E-state index < -0.39 is 0 Å². The first-order valence-corrected chi connectivity index (χ1v) is 6.34. The van der Waals surface area contributed by atoms with Crippen molar-refractivity contribution >= 4 is 22.9 Å². The van der Waals surface area contributed by atoms with Crippen LogP contribution in [0.3, 0.4) is 0 Å². The van der Waals surface area contributed by atoms with E-state index in [-0.39, 0.29) is 0 Å². The largest absolute Gasteiger partial charge is 0.378 e. The molecule has 0 amide bonds. The van der Waals surface area contributed by atoms with Crippen molar-refractivity contribution in [3.8, 4) is 0 Å². The van der Waals surface area contributed by atoms with E-state index >= 15 is 0 Å². The van der Waals surface area contributed by atoms with Gasteiger partial charge in [0.1, 0.15) is 0 Å². The molecule has 14 heavy (non-hydrogen) atoms. The maximum atomic E-state index is 5.72. The summed E-state index contributed by atoms with van der Waals surface area (Å²) < 4.78 is 5.66. The quantitative estimate of drug-likeness (QED) is 0.747. The fourth-order valence-corrected chi connectivity index (χ4v) is 2.74. The predicted molar refractivity (Wildman–Crippen MR) is 59.0 cm³/mol. The van der Waals surface area contributed by atoms with Gasteiger partial charge in [-0.15, -0.1) is 22.9 Å². The van der Waals surface area contributed by atoms with Crippen LogP contribution in [0.2, 0.25) is 0 Å². The Labute approximate surface area is 93.3 Å². The first-order chi connectivity index (χ1) is 6.88. The van der Waals surface area contributed by atoms with E-state index in [9.17, 15) is 0 Å². The van der Waals surface area contributed by atoms with Gasteiger partial charge >= 0.3 is 0 Å². The minimum absolute atomic E-state index is 0.387. The van der Waals surface area contributed by atoms with Crippen LogP contribution in [0.5, 0.6) is 0 Å². The van der Waals surface area contributed by atoms with Gasteiger partial charge in [-0.05, 0) is 19.3 Å². The Morgan fingerprint density at radius 3 is 3.14 bits per heavy atom. The lowest BCUT2D eigenvalue weighted by molar-refractivity contribution is 0.0168. The monoisotopic (exact) mass is 231 g/mol. The summed E-state index contributed by atoms with van der Waals surface area (Å²) >= 11 is 7.43. The van der Waals surface area contributed by atoms with Crippen molar-refractivity contribution in [1.29, 1.82) is 0 Å². The van der Waals surface area contributed by atoms with Gasteiger partial charge in [-0.2, -0.15) is 0 Å². The molecule has 78 valence electrons. The van der Waals surface area contributed by atoms with Gasteiger partial charge in [0.05, 0.1) is 17.0 Å². The van der Waals surface area contributed by atoms with Crippen LogP contribution < -0.4 is 0 Å². The number of thiazole rings is 1. The standard InChI is InChI=1S/C10H14ClNOS/c11-6-9-7-12-10(14-9)5-8-3-1-2-4-13-8/h7-8H,1-6H2. The zero-order valence-corrected chi connectivity index (χ0v) is 9.61. The SMILES string of the molecule is ClCc1cnc(CC2CCCCO2)s1. The molecular weight excluding hydrogens is 218 g/mol. The van der Waals surface area contributed by atoms with Crippen molar-refractivity contribution in [2.75, 3.05) is 6.61 Å². The Kier molecular flexibility index (Phi) is 3.79. The van der Waals surface area contributed by atoms with E-state index in [0.717, 1.165) is 22.9 Å². The second-order valence-electron chi connectivity index (χ2n) is 3.55. The molecule has 0 aromatic carbocycles. The van der Waals surface area contributed by atoms with E-state index in [1.54, 1.807) is 11.3 Å². The van der Waals surface area contributed by atoms with Crippen molar-refractivity contribution in [3.63, 3.8) is 0 Å². The summed E-state index contributed by atoms with van der Waals surface area (Å²) in [6, 6.07) is 0. The van der Waals surface area contributed by atoms with Crippen molar-refractivity contribution in [2.45, 2.75) is 37.7 Å². The summed E-state index contributed by atoms with van der Waals surface area (Å²) in [5.41, 5.74) is 0. The molecule has 1 fully saturated rings. The highest BCUT2D eigenvalue weighted by Gasteiger charge is 2.15. The number of ether oxygens (including phenoxy) is 1. The lowest BCUT2D eigenvalue weighted by Gasteiger charge is -2.21. The highest BCUT2D eigenvalue weighted by molar-refractivity contribution is 7.11. The van der Waals surface area contributed by atoms with Gasteiger partial charge in [-0.1, -0.05) is 0 Å². The van der Waals surface area contributed by atoms with Crippen LogP contribution in [0, 0.1) is 0 Å². The molecule has 1 saturated heterocycles. The molecule has 0 radical (unpaired) electrons. The van der Waals surface area contributed by atoms with Crippen molar-refractivity contribution in [3.05, 3.63) is 16.1 Å². The molecule has 1 unspecified atom stereocenters. The molecule has 0 N–H and O–H groups in total. The third-order valence-electron chi connectivity index (χ3n) is 2.41. The van der Waals surface area contributed by atoms with Gasteiger partial charge in [0.15, 0.2) is 0 Å². The molecule has 0 bridgehead atoms. The normalized spacial score (nSPS) is 22.5. The summed E-state index contributed by atoms with van der Waals surface area (Å²) in [6.45, 7) is 0.915. The van der Waals surface area contributed by atoms with Crippen molar-refractivity contribution in [1.82, 2.24) is 4.98 Å². The smallest absolute Gasteiger partial charge is 0.0953 e. The third-order valence-corrected chi connectivity index (χ3v) is 3.88. The molecule has 1 aromatic heterocycles. The van der Waals surface area contributed by atoms with Crippen LogP contribution >= 0.6 is 22.9 Å². The van der Waals surface area contributed by atoms with Gasteiger partial charge in [0.2, 0.25) is 0 Å². The lowest BCUT2D eigenvalue weighted by Crippen LogP contribution is -2.21. The fraction of sp³-hybridized carbons (Fsp3) is 0.700. The number of hydrogen-bond donors (Lipinski definition) is 0. The van der Waals surface area contributed by atoms with Crippen LogP contribution in [0.15, 0.2) is 6.20 Å². The van der Waals surface area contributed by atoms with Gasteiger partial charge in [0, 0.05) is 24.1 Å². The molecule has 0 aliphatic carbocycles. The maximum Gasteiger partial charge on any atom is 0.0953 e.